The molecule has 0 aromatic heterocycles. The van der Waals surface area contributed by atoms with Gasteiger partial charge < -0.3 is 4.74 Å². The Balaban J connectivity index is 0.000000810. The first-order valence-corrected chi connectivity index (χ1v) is 2.85. The van der Waals surface area contributed by atoms with Gasteiger partial charge in [-0.25, -0.2) is 0 Å². The number of rotatable bonds is 1. The third-order valence-corrected chi connectivity index (χ3v) is 1.15. The summed E-state index contributed by atoms with van der Waals surface area (Å²) >= 11 is 0. The molecular weight excluding hydrogens is 119 g/mol. The fourth-order valence-corrected chi connectivity index (χ4v) is 0.670. The Bertz CT molecular complexity index is 198. The Morgan fingerprint density at radius 2 is 2.20 bits per heavy atom. The maximum absolute atomic E-state index is 4.94. The van der Waals surface area contributed by atoms with E-state index in [0.29, 0.717) is 0 Å². The Hall–Kier alpha value is -0.383. The van der Waals surface area contributed by atoms with Crippen molar-refractivity contribution in [2.45, 2.75) is 6.92 Å². The zero-order chi connectivity index (χ0) is 6.69. The van der Waals surface area contributed by atoms with Gasteiger partial charge in [-0.3, -0.25) is 0 Å². The van der Waals surface area contributed by atoms with E-state index < -0.39 is 0 Å². The number of hydrogen-bond acceptors (Lipinski definition) is 1. The SMILES string of the molecule is COc1[c-]ccc(C)c1.[Li+]. The van der Waals surface area contributed by atoms with Gasteiger partial charge in [0.25, 0.3) is 0 Å². The third kappa shape index (κ3) is 2.47. The van der Waals surface area contributed by atoms with Gasteiger partial charge in [0.1, 0.15) is 0 Å². The second kappa shape index (κ2) is 4.44. The van der Waals surface area contributed by atoms with Crippen molar-refractivity contribution >= 4 is 0 Å². The fraction of sp³-hybridized carbons (Fsp3) is 0.250. The van der Waals surface area contributed by atoms with Crippen molar-refractivity contribution < 1.29 is 23.6 Å². The minimum atomic E-state index is 0. The van der Waals surface area contributed by atoms with Crippen LogP contribution in [-0.2, 0) is 0 Å². The van der Waals surface area contributed by atoms with Gasteiger partial charge in [0.2, 0.25) is 0 Å². The molecule has 1 aromatic carbocycles. The Morgan fingerprint density at radius 1 is 1.50 bits per heavy atom. The van der Waals surface area contributed by atoms with Gasteiger partial charge in [-0.2, -0.15) is 17.7 Å². The van der Waals surface area contributed by atoms with Crippen LogP contribution in [0, 0.1) is 13.0 Å². The molecule has 1 aromatic rings. The van der Waals surface area contributed by atoms with E-state index >= 15 is 0 Å². The van der Waals surface area contributed by atoms with Crippen LogP contribution in [0.1, 0.15) is 5.56 Å². The van der Waals surface area contributed by atoms with E-state index in [1.807, 2.05) is 25.1 Å². The average molecular weight is 128 g/mol. The molecule has 0 spiro atoms. The summed E-state index contributed by atoms with van der Waals surface area (Å²) in [5.41, 5.74) is 1.20. The predicted octanol–water partition coefficient (Wildman–Crippen LogP) is -1.19. The molecule has 0 N–H and O–H groups in total. The monoisotopic (exact) mass is 128 g/mol. The molecule has 0 aliphatic rings. The second-order valence-electron chi connectivity index (χ2n) is 1.93. The van der Waals surface area contributed by atoms with E-state index in [0.717, 1.165) is 5.75 Å². The fourth-order valence-electron chi connectivity index (χ4n) is 0.670. The number of hydrogen-bond donors (Lipinski definition) is 0. The maximum Gasteiger partial charge on any atom is 1.00 e. The molecule has 0 amide bonds. The quantitative estimate of drug-likeness (QED) is 0.341. The summed E-state index contributed by atoms with van der Waals surface area (Å²) in [6, 6.07) is 8.73. The molecule has 0 radical (unpaired) electrons. The standard InChI is InChI=1S/C8H9O.Li/c1-7-4-3-5-8(6-7)9-2;/h3-4,6H,1-2H3;/q-1;+1. The molecule has 1 nitrogen and oxygen atoms in total. The van der Waals surface area contributed by atoms with E-state index in [9.17, 15) is 0 Å². The zero-order valence-corrected chi connectivity index (χ0v) is 6.64. The molecule has 0 heterocycles. The predicted molar refractivity (Wildman–Crippen MR) is 36.6 cm³/mol. The van der Waals surface area contributed by atoms with Crippen LogP contribution in [0.5, 0.6) is 5.75 Å². The minimum absolute atomic E-state index is 0. The van der Waals surface area contributed by atoms with Gasteiger partial charge >= 0.3 is 18.9 Å². The molecule has 0 bridgehead atoms. The molecule has 2 heteroatoms. The molecule has 48 valence electrons. The molecule has 0 saturated carbocycles. The van der Waals surface area contributed by atoms with Crippen molar-refractivity contribution in [3.8, 4) is 5.75 Å². The van der Waals surface area contributed by atoms with Crippen LogP contribution in [0.15, 0.2) is 18.2 Å². The summed E-state index contributed by atoms with van der Waals surface area (Å²) < 4.78 is 4.94. The van der Waals surface area contributed by atoms with E-state index in [1.54, 1.807) is 7.11 Å². The van der Waals surface area contributed by atoms with Crippen molar-refractivity contribution in [2.24, 2.45) is 0 Å². The zero-order valence-electron chi connectivity index (χ0n) is 6.64. The van der Waals surface area contributed by atoms with Crippen LogP contribution in [0.2, 0.25) is 0 Å². The molecule has 0 aliphatic heterocycles. The molecule has 10 heavy (non-hydrogen) atoms. The van der Waals surface area contributed by atoms with E-state index in [-0.39, 0.29) is 18.9 Å². The van der Waals surface area contributed by atoms with Crippen molar-refractivity contribution in [3.05, 3.63) is 29.8 Å². The molecule has 0 fully saturated rings. The Morgan fingerprint density at radius 3 is 2.60 bits per heavy atom. The summed E-state index contributed by atoms with van der Waals surface area (Å²) in [6.07, 6.45) is 0. The van der Waals surface area contributed by atoms with Crippen LogP contribution in [-0.4, -0.2) is 7.11 Å². The second-order valence-corrected chi connectivity index (χ2v) is 1.93. The average Bonchev–Trinajstić information content (AvgIpc) is 1.88. The van der Waals surface area contributed by atoms with Crippen molar-refractivity contribution in [3.63, 3.8) is 0 Å². The van der Waals surface area contributed by atoms with E-state index in [1.165, 1.54) is 5.56 Å². The summed E-state index contributed by atoms with van der Waals surface area (Å²) in [5, 5.41) is 0. The summed E-state index contributed by atoms with van der Waals surface area (Å²) in [5.74, 6) is 0.801. The molecular formula is C8H9LiO. The largest absolute Gasteiger partial charge is 1.00 e. The van der Waals surface area contributed by atoms with Gasteiger partial charge in [-0.1, -0.05) is 6.92 Å². The van der Waals surface area contributed by atoms with Gasteiger partial charge in [0.05, 0.1) is 7.11 Å². The first kappa shape index (κ1) is 9.62. The van der Waals surface area contributed by atoms with E-state index in [4.69, 9.17) is 4.74 Å². The molecule has 1 rings (SSSR count). The van der Waals surface area contributed by atoms with Crippen LogP contribution in [0.25, 0.3) is 0 Å². The van der Waals surface area contributed by atoms with E-state index in [2.05, 4.69) is 6.07 Å². The van der Waals surface area contributed by atoms with Gasteiger partial charge in [-0.15, -0.1) is 12.1 Å². The van der Waals surface area contributed by atoms with Crippen molar-refractivity contribution in [1.29, 1.82) is 0 Å². The number of aryl methyl sites for hydroxylation is 1. The van der Waals surface area contributed by atoms with Crippen LogP contribution < -0.4 is 23.6 Å². The molecule has 0 aliphatic carbocycles. The van der Waals surface area contributed by atoms with Gasteiger partial charge in [0.15, 0.2) is 0 Å². The van der Waals surface area contributed by atoms with Gasteiger partial charge in [-0.05, 0) is 0 Å². The summed E-state index contributed by atoms with van der Waals surface area (Å²) in [7, 11) is 1.64. The summed E-state index contributed by atoms with van der Waals surface area (Å²) in [4.78, 5) is 0. The first-order chi connectivity index (χ1) is 4.33. The van der Waals surface area contributed by atoms with Gasteiger partial charge in [0, 0.05) is 5.75 Å². The normalized spacial score (nSPS) is 8.20. The smallest absolute Gasteiger partial charge is 0.523 e. The van der Waals surface area contributed by atoms with Crippen LogP contribution in [0.4, 0.5) is 0 Å². The van der Waals surface area contributed by atoms with Crippen LogP contribution >= 0.6 is 0 Å². The molecule has 0 atom stereocenters. The maximum atomic E-state index is 4.94. The number of benzene rings is 1. The number of methoxy groups -OCH3 is 1. The van der Waals surface area contributed by atoms with Crippen molar-refractivity contribution in [2.75, 3.05) is 7.11 Å². The Labute approximate surface area is 73.6 Å². The topological polar surface area (TPSA) is 9.23 Å². The van der Waals surface area contributed by atoms with Crippen molar-refractivity contribution in [1.82, 2.24) is 0 Å². The first-order valence-electron chi connectivity index (χ1n) is 2.85. The Kier molecular flexibility index (Phi) is 4.27. The number of ether oxygens (including phenoxy) is 1. The molecule has 0 unspecified atom stereocenters. The third-order valence-electron chi connectivity index (χ3n) is 1.15. The molecule has 0 saturated heterocycles. The van der Waals surface area contributed by atoms with Crippen LogP contribution in [0.3, 0.4) is 0 Å². The summed E-state index contributed by atoms with van der Waals surface area (Å²) in [6.45, 7) is 2.02. The minimum Gasteiger partial charge on any atom is -0.523 e.